The van der Waals surface area contributed by atoms with E-state index in [1.807, 2.05) is 30.8 Å². The molecule has 3 rings (SSSR count). The molecule has 2 fully saturated rings. The molecule has 1 saturated heterocycles. The number of unbranched alkanes of at least 4 members (excludes halogenated alkanes) is 1. The van der Waals surface area contributed by atoms with Gasteiger partial charge in [0.05, 0.1) is 6.04 Å². The number of aromatic amines is 1. The lowest BCUT2D eigenvalue weighted by Crippen LogP contribution is -2.33. The van der Waals surface area contributed by atoms with E-state index in [4.69, 9.17) is 5.41 Å². The fourth-order valence-corrected chi connectivity index (χ4v) is 4.40. The van der Waals surface area contributed by atoms with Crippen LogP contribution in [0.3, 0.4) is 0 Å². The standard InChI is InChI=1S/C12H22N2O.C10H15N3O3/c1-13-9-11(14(2)12(13)15)8-10-6-4-3-5-7-10;1-3-4-5-13-9(15)7(6(2)11)8(14)12-10(13)16/h10-11H,3-9H2,1-2H3;11,15H,3-5H2,1-2H3,(H,12,14,16). The maximum atomic E-state index is 11.6. The molecule has 2 aliphatic rings. The van der Waals surface area contributed by atoms with Crippen molar-refractivity contribution in [3.05, 3.63) is 26.4 Å². The lowest BCUT2D eigenvalue weighted by molar-refractivity contribution is 0.195. The third-order valence-corrected chi connectivity index (χ3v) is 6.27. The molecule has 9 nitrogen and oxygen atoms in total. The second kappa shape index (κ2) is 11.2. The van der Waals surface area contributed by atoms with Crippen LogP contribution < -0.4 is 11.2 Å². The third kappa shape index (κ3) is 6.21. The maximum Gasteiger partial charge on any atom is 0.331 e. The number of urea groups is 1. The molecule has 0 radical (unpaired) electrons. The van der Waals surface area contributed by atoms with Crippen molar-refractivity contribution in [3.63, 3.8) is 0 Å². The Morgan fingerprint density at radius 3 is 2.32 bits per heavy atom. The number of likely N-dealkylation sites (N-methyl/N-ethyl adjacent to an activating group) is 2. The summed E-state index contributed by atoms with van der Waals surface area (Å²) in [6, 6.07) is 0.654. The van der Waals surface area contributed by atoms with Crippen LogP contribution in [-0.4, -0.2) is 62.9 Å². The van der Waals surface area contributed by atoms with Gasteiger partial charge in [0.1, 0.15) is 5.56 Å². The van der Waals surface area contributed by atoms with Gasteiger partial charge >= 0.3 is 11.7 Å². The number of carbonyl (C=O) groups excluding carboxylic acids is 1. The highest BCUT2D eigenvalue weighted by atomic mass is 16.3. The van der Waals surface area contributed by atoms with E-state index < -0.39 is 17.1 Å². The number of carbonyl (C=O) groups is 1. The molecular weight excluding hydrogens is 398 g/mol. The molecule has 1 unspecified atom stereocenters. The molecule has 1 aliphatic carbocycles. The second-order valence-electron chi connectivity index (χ2n) is 8.76. The molecule has 0 bridgehead atoms. The average Bonchev–Trinajstić information content (AvgIpc) is 2.95. The smallest absolute Gasteiger partial charge is 0.331 e. The number of aromatic hydroxyl groups is 1. The topological polar surface area (TPSA) is 122 Å². The Labute approximate surface area is 183 Å². The van der Waals surface area contributed by atoms with Crippen LogP contribution in [0.2, 0.25) is 0 Å². The molecule has 3 N–H and O–H groups in total. The van der Waals surface area contributed by atoms with Crippen LogP contribution >= 0.6 is 0 Å². The number of amides is 2. The zero-order valence-corrected chi connectivity index (χ0v) is 19.2. The summed E-state index contributed by atoms with van der Waals surface area (Å²) in [7, 11) is 3.85. The van der Waals surface area contributed by atoms with Crippen molar-refractivity contribution in [2.24, 2.45) is 5.92 Å². The van der Waals surface area contributed by atoms with E-state index in [2.05, 4.69) is 4.98 Å². The lowest BCUT2D eigenvalue weighted by Gasteiger charge is -2.26. The molecule has 0 spiro atoms. The van der Waals surface area contributed by atoms with Gasteiger partial charge in [-0.15, -0.1) is 0 Å². The SMILES string of the molecule is CCCCn1c(O)c(C(C)=N)c(=O)[nH]c1=O.CN1CC(CC2CCCCC2)N(C)C1=O. The molecule has 1 aromatic heterocycles. The fourth-order valence-electron chi connectivity index (χ4n) is 4.40. The molecule has 2 amide bonds. The number of H-pyrrole nitrogens is 1. The number of nitrogens with zero attached hydrogens (tertiary/aromatic N) is 3. The van der Waals surface area contributed by atoms with E-state index in [-0.39, 0.29) is 17.3 Å². The van der Waals surface area contributed by atoms with Gasteiger partial charge in [0.25, 0.3) is 5.56 Å². The second-order valence-corrected chi connectivity index (χ2v) is 8.76. The van der Waals surface area contributed by atoms with Crippen LogP contribution in [0.4, 0.5) is 4.79 Å². The lowest BCUT2D eigenvalue weighted by atomic mass is 9.85. The van der Waals surface area contributed by atoms with Crippen molar-refractivity contribution in [1.29, 1.82) is 5.41 Å². The first-order chi connectivity index (χ1) is 14.7. The summed E-state index contributed by atoms with van der Waals surface area (Å²) >= 11 is 0. The van der Waals surface area contributed by atoms with E-state index >= 15 is 0 Å². The van der Waals surface area contributed by atoms with Crippen LogP contribution in [0.25, 0.3) is 0 Å². The highest BCUT2D eigenvalue weighted by Gasteiger charge is 2.33. The van der Waals surface area contributed by atoms with E-state index in [0.29, 0.717) is 12.6 Å². The molecule has 31 heavy (non-hydrogen) atoms. The van der Waals surface area contributed by atoms with Gasteiger partial charge in [-0.2, -0.15) is 0 Å². The Bertz CT molecular complexity index is 885. The van der Waals surface area contributed by atoms with Crippen molar-refractivity contribution >= 4 is 11.7 Å². The largest absolute Gasteiger partial charge is 0.494 e. The quantitative estimate of drug-likeness (QED) is 0.595. The molecule has 9 heteroatoms. The average molecular weight is 436 g/mol. The minimum Gasteiger partial charge on any atom is -0.494 e. The van der Waals surface area contributed by atoms with Gasteiger partial charge in [0, 0.05) is 32.9 Å². The van der Waals surface area contributed by atoms with E-state index in [1.54, 1.807) is 0 Å². The first kappa shape index (κ1) is 24.7. The van der Waals surface area contributed by atoms with Crippen molar-refractivity contribution in [3.8, 4) is 5.88 Å². The zero-order valence-electron chi connectivity index (χ0n) is 19.2. The van der Waals surface area contributed by atoms with Crippen molar-refractivity contribution < 1.29 is 9.90 Å². The van der Waals surface area contributed by atoms with Crippen LogP contribution in [-0.2, 0) is 6.54 Å². The number of rotatable bonds is 6. The molecule has 2 heterocycles. The maximum absolute atomic E-state index is 11.6. The van der Waals surface area contributed by atoms with Gasteiger partial charge in [0.15, 0.2) is 0 Å². The van der Waals surface area contributed by atoms with Crippen molar-refractivity contribution in [1.82, 2.24) is 19.4 Å². The predicted molar refractivity (Wildman–Crippen MR) is 121 cm³/mol. The first-order valence-corrected chi connectivity index (χ1v) is 11.3. The molecular formula is C22H37N5O4. The molecule has 1 aliphatic heterocycles. The van der Waals surface area contributed by atoms with E-state index in [9.17, 15) is 19.5 Å². The summed E-state index contributed by atoms with van der Waals surface area (Å²) in [4.78, 5) is 40.2. The van der Waals surface area contributed by atoms with Gasteiger partial charge < -0.3 is 20.3 Å². The molecule has 174 valence electrons. The van der Waals surface area contributed by atoms with Gasteiger partial charge in [-0.1, -0.05) is 45.4 Å². The number of aromatic nitrogens is 2. The van der Waals surface area contributed by atoms with Crippen LogP contribution in [0.15, 0.2) is 9.59 Å². The summed E-state index contributed by atoms with van der Waals surface area (Å²) in [5.41, 5.74) is -1.57. The minimum atomic E-state index is -0.720. The summed E-state index contributed by atoms with van der Waals surface area (Å²) < 4.78 is 1.08. The normalized spacial score (nSPS) is 19.4. The molecule has 0 aromatic carbocycles. The fraction of sp³-hybridized carbons (Fsp3) is 0.727. The van der Waals surface area contributed by atoms with Gasteiger partial charge in [-0.25, -0.2) is 9.59 Å². The highest BCUT2D eigenvalue weighted by molar-refractivity contribution is 5.97. The van der Waals surface area contributed by atoms with E-state index in [0.717, 1.165) is 29.9 Å². The summed E-state index contributed by atoms with van der Waals surface area (Å²) in [6.45, 7) is 4.60. The Hall–Kier alpha value is -2.58. The van der Waals surface area contributed by atoms with Crippen LogP contribution in [0.5, 0.6) is 5.88 Å². The monoisotopic (exact) mass is 435 g/mol. The Morgan fingerprint density at radius 2 is 1.81 bits per heavy atom. The first-order valence-electron chi connectivity index (χ1n) is 11.3. The molecule has 1 atom stereocenters. The van der Waals surface area contributed by atoms with Crippen molar-refractivity contribution in [2.75, 3.05) is 20.6 Å². The van der Waals surface area contributed by atoms with Crippen LogP contribution in [0.1, 0.15) is 70.8 Å². The van der Waals surface area contributed by atoms with Gasteiger partial charge in [-0.3, -0.25) is 14.3 Å². The Balaban J connectivity index is 0.000000220. The molecule has 1 saturated carbocycles. The highest BCUT2D eigenvalue weighted by Crippen LogP contribution is 2.30. The van der Waals surface area contributed by atoms with Crippen molar-refractivity contribution in [2.45, 2.75) is 77.8 Å². The van der Waals surface area contributed by atoms with E-state index in [1.165, 1.54) is 45.4 Å². The van der Waals surface area contributed by atoms with Gasteiger partial charge in [0.2, 0.25) is 5.88 Å². The number of hydrogen-bond donors (Lipinski definition) is 3. The summed E-state index contributed by atoms with van der Waals surface area (Å²) in [6.07, 6.45) is 9.75. The minimum absolute atomic E-state index is 0.0657. The summed E-state index contributed by atoms with van der Waals surface area (Å²) in [5, 5.41) is 17.1. The van der Waals surface area contributed by atoms with Gasteiger partial charge in [-0.05, 0) is 25.7 Å². The Kier molecular flexibility index (Phi) is 8.88. The molecule has 1 aromatic rings. The predicted octanol–water partition coefficient (Wildman–Crippen LogP) is 2.75. The number of hydrogen-bond acceptors (Lipinski definition) is 5. The Morgan fingerprint density at radius 1 is 1.16 bits per heavy atom. The number of nitrogens with one attached hydrogen (secondary N) is 2. The third-order valence-electron chi connectivity index (χ3n) is 6.27. The summed E-state index contributed by atoms with van der Waals surface area (Å²) in [5.74, 6) is 0.445. The zero-order chi connectivity index (χ0) is 23.1. The van der Waals surface area contributed by atoms with Crippen LogP contribution in [0, 0.1) is 11.3 Å².